The molecule has 0 bridgehead atoms. The van der Waals surface area contributed by atoms with E-state index in [1.165, 1.54) is 13.2 Å². The minimum atomic E-state index is -0.477. The minimum Gasteiger partial charge on any atom is -0.467 e. The van der Waals surface area contributed by atoms with Gasteiger partial charge in [0.15, 0.2) is 11.5 Å². The van der Waals surface area contributed by atoms with Crippen molar-refractivity contribution >= 4 is 34.7 Å². The smallest absolute Gasteiger partial charge is 0.278 e. The van der Waals surface area contributed by atoms with Gasteiger partial charge in [0.05, 0.1) is 18.4 Å². The lowest BCUT2D eigenvalue weighted by Gasteiger charge is -2.13. The number of carbonyl (C=O) groups is 3. The average Bonchev–Trinajstić information content (AvgIpc) is 3.52. The molecule has 0 fully saturated rings. The number of fused-ring (bicyclic) bond motifs is 1. The molecule has 2 aliphatic heterocycles. The molecule has 1 aromatic heterocycles. The second-order valence-corrected chi connectivity index (χ2v) is 7.48. The van der Waals surface area contributed by atoms with Gasteiger partial charge in [0, 0.05) is 24.4 Å². The number of hydrogen-bond donors (Lipinski definition) is 2. The van der Waals surface area contributed by atoms with Crippen molar-refractivity contribution in [2.24, 2.45) is 0 Å². The van der Waals surface area contributed by atoms with Gasteiger partial charge in [-0.1, -0.05) is 12.1 Å². The highest BCUT2D eigenvalue weighted by Crippen LogP contribution is 2.37. The summed E-state index contributed by atoms with van der Waals surface area (Å²) in [5, 5.41) is 5.77. The first-order valence-electron chi connectivity index (χ1n) is 10.2. The molecule has 2 aliphatic rings. The number of imide groups is 1. The van der Waals surface area contributed by atoms with Gasteiger partial charge in [-0.15, -0.1) is 0 Å². The third kappa shape index (κ3) is 3.91. The van der Waals surface area contributed by atoms with Gasteiger partial charge in [-0.3, -0.25) is 19.3 Å². The van der Waals surface area contributed by atoms with Crippen LogP contribution in [0.25, 0.3) is 5.57 Å². The third-order valence-corrected chi connectivity index (χ3v) is 5.20. The molecule has 5 rings (SSSR count). The maximum Gasteiger partial charge on any atom is 0.278 e. The number of anilines is 2. The zero-order chi connectivity index (χ0) is 22.9. The minimum absolute atomic E-state index is 0.00443. The van der Waals surface area contributed by atoms with Crippen LogP contribution in [0, 0.1) is 0 Å². The van der Waals surface area contributed by atoms with Crippen LogP contribution in [0.15, 0.2) is 71.0 Å². The molecule has 2 aromatic carbocycles. The van der Waals surface area contributed by atoms with Crippen LogP contribution >= 0.6 is 0 Å². The number of carbonyl (C=O) groups excluding carboxylic acids is 3. The molecule has 0 atom stereocenters. The van der Waals surface area contributed by atoms with E-state index in [0.717, 1.165) is 4.90 Å². The van der Waals surface area contributed by atoms with Gasteiger partial charge in [0.2, 0.25) is 12.7 Å². The number of furan rings is 1. The number of benzene rings is 2. The van der Waals surface area contributed by atoms with E-state index < -0.39 is 11.8 Å². The lowest BCUT2D eigenvalue weighted by atomic mass is 10.0. The molecule has 3 heterocycles. The molecule has 9 heteroatoms. The SMILES string of the molecule is CC(=O)Nc1ccc(C2=C(Nc3ccc4c(c3)OCO4)C(=O)N(Cc3ccco3)C2=O)cc1. The molecule has 0 saturated carbocycles. The zero-order valence-corrected chi connectivity index (χ0v) is 17.6. The summed E-state index contributed by atoms with van der Waals surface area (Å²) in [4.78, 5) is 39.1. The summed E-state index contributed by atoms with van der Waals surface area (Å²) in [5.41, 5.74) is 2.05. The molecule has 33 heavy (non-hydrogen) atoms. The van der Waals surface area contributed by atoms with E-state index in [1.807, 2.05) is 0 Å². The highest BCUT2D eigenvalue weighted by atomic mass is 16.7. The summed E-state index contributed by atoms with van der Waals surface area (Å²) in [7, 11) is 0. The van der Waals surface area contributed by atoms with E-state index in [9.17, 15) is 14.4 Å². The Morgan fingerprint density at radius 1 is 0.970 bits per heavy atom. The Balaban J connectivity index is 1.51. The van der Waals surface area contributed by atoms with Crippen molar-refractivity contribution in [1.29, 1.82) is 0 Å². The van der Waals surface area contributed by atoms with Crippen LogP contribution in [-0.2, 0) is 20.9 Å². The van der Waals surface area contributed by atoms with Crippen LogP contribution in [0.5, 0.6) is 11.5 Å². The summed E-state index contributed by atoms with van der Waals surface area (Å²) >= 11 is 0. The second kappa shape index (κ2) is 8.19. The third-order valence-electron chi connectivity index (χ3n) is 5.20. The summed E-state index contributed by atoms with van der Waals surface area (Å²) in [6.45, 7) is 1.54. The monoisotopic (exact) mass is 445 g/mol. The first-order valence-corrected chi connectivity index (χ1v) is 10.2. The van der Waals surface area contributed by atoms with Crippen LogP contribution in [0.2, 0.25) is 0 Å². The van der Waals surface area contributed by atoms with Gasteiger partial charge in [0.1, 0.15) is 11.5 Å². The number of hydrogen-bond acceptors (Lipinski definition) is 7. The normalized spacial score (nSPS) is 14.8. The van der Waals surface area contributed by atoms with Gasteiger partial charge >= 0.3 is 0 Å². The fourth-order valence-electron chi connectivity index (χ4n) is 3.70. The molecule has 2 N–H and O–H groups in total. The molecule has 0 aliphatic carbocycles. The summed E-state index contributed by atoms with van der Waals surface area (Å²) < 4.78 is 16.1. The van der Waals surface area contributed by atoms with Crippen molar-refractivity contribution < 1.29 is 28.3 Å². The summed E-state index contributed by atoms with van der Waals surface area (Å²) in [6.07, 6.45) is 1.49. The number of nitrogens with one attached hydrogen (secondary N) is 2. The van der Waals surface area contributed by atoms with Crippen molar-refractivity contribution in [3.63, 3.8) is 0 Å². The van der Waals surface area contributed by atoms with Crippen LogP contribution < -0.4 is 20.1 Å². The Bertz CT molecular complexity index is 1280. The first-order chi connectivity index (χ1) is 16.0. The molecule has 0 spiro atoms. The van der Waals surface area contributed by atoms with Gasteiger partial charge in [-0.2, -0.15) is 0 Å². The lowest BCUT2D eigenvalue weighted by molar-refractivity contribution is -0.137. The van der Waals surface area contributed by atoms with Gasteiger partial charge in [-0.05, 0) is 42.0 Å². The summed E-state index contributed by atoms with van der Waals surface area (Å²) in [5.74, 6) is 0.509. The Morgan fingerprint density at radius 2 is 1.73 bits per heavy atom. The van der Waals surface area contributed by atoms with Crippen LogP contribution in [0.4, 0.5) is 11.4 Å². The highest BCUT2D eigenvalue weighted by Gasteiger charge is 2.39. The first kappa shape index (κ1) is 20.4. The van der Waals surface area contributed by atoms with Gasteiger partial charge < -0.3 is 24.5 Å². The van der Waals surface area contributed by atoms with E-state index >= 15 is 0 Å². The predicted molar refractivity (Wildman–Crippen MR) is 118 cm³/mol. The average molecular weight is 445 g/mol. The van der Waals surface area contributed by atoms with Crippen molar-refractivity contribution in [3.8, 4) is 11.5 Å². The molecule has 3 aromatic rings. The molecule has 166 valence electrons. The fourth-order valence-corrected chi connectivity index (χ4v) is 3.70. The second-order valence-electron chi connectivity index (χ2n) is 7.48. The fraction of sp³-hybridized carbons (Fsp3) is 0.125. The van der Waals surface area contributed by atoms with Crippen LogP contribution in [-0.4, -0.2) is 29.4 Å². The van der Waals surface area contributed by atoms with E-state index in [2.05, 4.69) is 10.6 Å². The standard InChI is InChI=1S/C24H19N3O6/c1-14(28)25-16-6-4-15(5-7-16)21-22(26-17-8-9-19-20(11-17)33-13-32-19)24(30)27(23(21)29)12-18-3-2-10-31-18/h2-11,26H,12-13H2,1H3,(H,25,28). The number of ether oxygens (including phenoxy) is 2. The van der Waals surface area contributed by atoms with Crippen LogP contribution in [0.3, 0.4) is 0 Å². The molecular weight excluding hydrogens is 426 g/mol. The molecule has 0 radical (unpaired) electrons. The topological polar surface area (TPSA) is 110 Å². The Hall–Kier alpha value is -4.53. The van der Waals surface area contributed by atoms with Crippen molar-refractivity contribution in [2.45, 2.75) is 13.5 Å². The number of amides is 3. The predicted octanol–water partition coefficient (Wildman–Crippen LogP) is 3.36. The number of nitrogens with zero attached hydrogens (tertiary/aromatic N) is 1. The maximum absolute atomic E-state index is 13.3. The number of rotatable bonds is 6. The van der Waals surface area contributed by atoms with Gasteiger partial charge in [-0.25, -0.2) is 0 Å². The molecule has 9 nitrogen and oxygen atoms in total. The van der Waals surface area contributed by atoms with E-state index in [-0.39, 0.29) is 30.5 Å². The Labute approximate surface area is 188 Å². The van der Waals surface area contributed by atoms with E-state index in [0.29, 0.717) is 34.2 Å². The lowest BCUT2D eigenvalue weighted by Crippen LogP contribution is -2.31. The molecule has 3 amide bonds. The largest absolute Gasteiger partial charge is 0.467 e. The molecule has 0 saturated heterocycles. The van der Waals surface area contributed by atoms with Crippen molar-refractivity contribution in [2.75, 3.05) is 17.4 Å². The van der Waals surface area contributed by atoms with Gasteiger partial charge in [0.25, 0.3) is 11.8 Å². The van der Waals surface area contributed by atoms with Crippen molar-refractivity contribution in [3.05, 3.63) is 77.9 Å². The Kier molecular flexibility index (Phi) is 5.06. The zero-order valence-electron chi connectivity index (χ0n) is 17.6. The van der Waals surface area contributed by atoms with Crippen LogP contribution in [0.1, 0.15) is 18.2 Å². The summed E-state index contributed by atoms with van der Waals surface area (Å²) in [6, 6.07) is 15.3. The molecule has 0 unspecified atom stereocenters. The van der Waals surface area contributed by atoms with Crippen molar-refractivity contribution in [1.82, 2.24) is 4.90 Å². The quantitative estimate of drug-likeness (QED) is 0.560. The van der Waals surface area contributed by atoms with E-state index in [4.69, 9.17) is 13.9 Å². The maximum atomic E-state index is 13.3. The Morgan fingerprint density at radius 3 is 2.45 bits per heavy atom. The highest BCUT2D eigenvalue weighted by molar-refractivity contribution is 6.36. The van der Waals surface area contributed by atoms with E-state index in [1.54, 1.807) is 54.6 Å². The molecular formula is C24H19N3O6.